The molecule has 0 amide bonds. The van der Waals surface area contributed by atoms with Crippen molar-refractivity contribution in [2.45, 2.75) is 57.6 Å². The molecule has 0 N–H and O–H groups in total. The summed E-state index contributed by atoms with van der Waals surface area (Å²) < 4.78 is 34.9. The van der Waals surface area contributed by atoms with Crippen LogP contribution in [0.5, 0.6) is 0 Å². The van der Waals surface area contributed by atoms with E-state index in [2.05, 4.69) is 0 Å². The van der Waals surface area contributed by atoms with Crippen LogP contribution in [0, 0.1) is 0 Å². The molecule has 10 heteroatoms. The third kappa shape index (κ3) is 8.02. The van der Waals surface area contributed by atoms with Gasteiger partial charge in [-0.1, -0.05) is 54.6 Å². The fraction of sp³-hybridized carbons (Fsp3) is 0.312. The van der Waals surface area contributed by atoms with Crippen LogP contribution in [0.15, 0.2) is 91.0 Å². The van der Waals surface area contributed by atoms with Crippen molar-refractivity contribution in [3.8, 4) is 0 Å². The summed E-state index contributed by atoms with van der Waals surface area (Å²) in [7, 11) is 0. The van der Waals surface area contributed by atoms with E-state index in [0.717, 1.165) is 0 Å². The molecule has 3 aromatic rings. The van der Waals surface area contributed by atoms with E-state index >= 15 is 0 Å². The number of carbonyl (C=O) groups excluding carboxylic acids is 4. The normalized spacial score (nSPS) is 21.7. The van der Waals surface area contributed by atoms with Crippen LogP contribution in [0.4, 0.5) is 0 Å². The Kier molecular flexibility index (Phi) is 10.4. The zero-order valence-corrected chi connectivity index (χ0v) is 23.4. The fourth-order valence-electron chi connectivity index (χ4n) is 4.33. The Bertz CT molecular complexity index is 1340. The Hall–Kier alpha value is -4.54. The highest BCUT2D eigenvalue weighted by molar-refractivity contribution is 5.91. The molecule has 0 saturated carbocycles. The summed E-state index contributed by atoms with van der Waals surface area (Å²) in [5.74, 6) is -2.87. The highest BCUT2D eigenvalue weighted by atomic mass is 16.7. The molecule has 0 aliphatic carbocycles. The zero-order valence-electron chi connectivity index (χ0n) is 23.4. The van der Waals surface area contributed by atoms with Crippen LogP contribution in [-0.2, 0) is 33.2 Å². The van der Waals surface area contributed by atoms with Crippen molar-refractivity contribution in [2.24, 2.45) is 0 Å². The van der Waals surface area contributed by atoms with E-state index in [4.69, 9.17) is 28.4 Å². The number of hydrogen-bond acceptors (Lipinski definition) is 10. The van der Waals surface area contributed by atoms with Gasteiger partial charge in [0.15, 0.2) is 24.6 Å². The second-order valence-corrected chi connectivity index (χ2v) is 9.74. The average Bonchev–Trinajstić information content (AvgIpc) is 2.99. The Labute approximate surface area is 243 Å². The maximum atomic E-state index is 13.3. The molecule has 1 aliphatic rings. The van der Waals surface area contributed by atoms with Crippen molar-refractivity contribution >= 4 is 23.9 Å². The van der Waals surface area contributed by atoms with Crippen LogP contribution in [0.3, 0.4) is 0 Å². The molecule has 0 spiro atoms. The van der Waals surface area contributed by atoms with E-state index < -0.39 is 67.3 Å². The number of esters is 4. The van der Waals surface area contributed by atoms with Crippen LogP contribution >= 0.6 is 0 Å². The van der Waals surface area contributed by atoms with Gasteiger partial charge < -0.3 is 28.4 Å². The van der Waals surface area contributed by atoms with Crippen molar-refractivity contribution in [2.75, 3.05) is 6.61 Å². The van der Waals surface area contributed by atoms with E-state index in [1.165, 1.54) is 6.92 Å². The molecule has 10 nitrogen and oxygen atoms in total. The van der Waals surface area contributed by atoms with Crippen molar-refractivity contribution in [1.82, 2.24) is 0 Å². The maximum Gasteiger partial charge on any atom is 0.338 e. The minimum atomic E-state index is -1.40. The van der Waals surface area contributed by atoms with Gasteiger partial charge >= 0.3 is 23.9 Å². The Balaban J connectivity index is 1.71. The minimum Gasteiger partial charge on any atom is -0.459 e. The molecule has 1 heterocycles. The van der Waals surface area contributed by atoms with Gasteiger partial charge in [0.25, 0.3) is 0 Å². The smallest absolute Gasteiger partial charge is 0.338 e. The molecule has 1 saturated heterocycles. The lowest BCUT2D eigenvalue weighted by Gasteiger charge is -2.44. The molecule has 220 valence electrons. The van der Waals surface area contributed by atoms with Gasteiger partial charge in [-0.15, -0.1) is 0 Å². The van der Waals surface area contributed by atoms with E-state index in [-0.39, 0.29) is 11.1 Å². The highest BCUT2D eigenvalue weighted by Crippen LogP contribution is 2.31. The number of hydrogen-bond donors (Lipinski definition) is 0. The van der Waals surface area contributed by atoms with Gasteiger partial charge in [-0.05, 0) is 50.2 Å². The van der Waals surface area contributed by atoms with Crippen LogP contribution in [0.25, 0.3) is 0 Å². The highest BCUT2D eigenvalue weighted by Gasteiger charge is 2.53. The number of ether oxygens (including phenoxy) is 6. The summed E-state index contributed by atoms with van der Waals surface area (Å²) in [6, 6.07) is 24.6. The molecule has 0 aromatic heterocycles. The topological polar surface area (TPSA) is 124 Å². The predicted octanol–water partition coefficient (Wildman–Crippen LogP) is 4.38. The summed E-state index contributed by atoms with van der Waals surface area (Å²) >= 11 is 0. The van der Waals surface area contributed by atoms with Crippen LogP contribution < -0.4 is 0 Å². The quantitative estimate of drug-likeness (QED) is 0.254. The van der Waals surface area contributed by atoms with Crippen LogP contribution in [0.1, 0.15) is 51.8 Å². The molecule has 1 fully saturated rings. The fourth-order valence-corrected chi connectivity index (χ4v) is 4.33. The second kappa shape index (κ2) is 14.4. The SMILES string of the molecule is CC(=O)OC1[C@H](OC(C)C)OC(COC(=O)c2ccccc2)[C@H](OC(=O)c2ccccc2)[C@@H]1OC(=O)c1ccccc1. The van der Waals surface area contributed by atoms with Gasteiger partial charge in [0.1, 0.15) is 12.7 Å². The first-order valence-corrected chi connectivity index (χ1v) is 13.4. The standard InChI is InChI=1S/C32H32O10/c1-20(2)38-32-28(39-21(3)33)27(42-31(36)24-17-11-6-12-18-24)26(41-30(35)23-15-9-5-10-16-23)25(40-32)19-37-29(34)22-13-7-4-8-14-22/h4-18,20,25-28,32H,19H2,1-3H3/t25?,26-,27-,28?,32+/m0/s1. The lowest BCUT2D eigenvalue weighted by molar-refractivity contribution is -0.309. The summed E-state index contributed by atoms with van der Waals surface area (Å²) in [6.45, 7) is 4.27. The monoisotopic (exact) mass is 576 g/mol. The van der Waals surface area contributed by atoms with Crippen molar-refractivity contribution in [1.29, 1.82) is 0 Å². The van der Waals surface area contributed by atoms with Gasteiger partial charge in [0.05, 0.1) is 22.8 Å². The first-order valence-electron chi connectivity index (χ1n) is 13.4. The van der Waals surface area contributed by atoms with Crippen molar-refractivity contribution in [3.05, 3.63) is 108 Å². The van der Waals surface area contributed by atoms with Gasteiger partial charge in [0.2, 0.25) is 0 Å². The van der Waals surface area contributed by atoms with Gasteiger partial charge in [-0.3, -0.25) is 4.79 Å². The molecule has 3 aromatic carbocycles. The molecule has 0 bridgehead atoms. The van der Waals surface area contributed by atoms with Crippen molar-refractivity contribution in [3.63, 3.8) is 0 Å². The van der Waals surface area contributed by atoms with E-state index in [9.17, 15) is 19.2 Å². The predicted molar refractivity (Wildman–Crippen MR) is 148 cm³/mol. The minimum absolute atomic E-state index is 0.215. The Morgan fingerprint density at radius 3 is 1.55 bits per heavy atom. The van der Waals surface area contributed by atoms with Crippen LogP contribution in [0.2, 0.25) is 0 Å². The molecule has 5 atom stereocenters. The lowest BCUT2D eigenvalue weighted by atomic mass is 9.97. The Morgan fingerprint density at radius 2 is 1.10 bits per heavy atom. The largest absolute Gasteiger partial charge is 0.459 e. The van der Waals surface area contributed by atoms with Gasteiger partial charge in [-0.2, -0.15) is 0 Å². The molecular weight excluding hydrogens is 544 g/mol. The lowest BCUT2D eigenvalue weighted by Crippen LogP contribution is -2.63. The first-order chi connectivity index (χ1) is 20.2. The summed E-state index contributed by atoms with van der Waals surface area (Å²) in [6.07, 6.45) is -6.93. The molecular formula is C32H32O10. The average molecular weight is 577 g/mol. The first kappa shape index (κ1) is 30.4. The van der Waals surface area contributed by atoms with E-state index in [1.54, 1.807) is 105 Å². The van der Waals surface area contributed by atoms with E-state index in [1.807, 2.05) is 0 Å². The number of carbonyl (C=O) groups is 4. The summed E-state index contributed by atoms with van der Waals surface area (Å²) in [5, 5.41) is 0. The number of rotatable bonds is 10. The molecule has 2 unspecified atom stereocenters. The van der Waals surface area contributed by atoms with Crippen molar-refractivity contribution < 1.29 is 47.6 Å². The molecule has 42 heavy (non-hydrogen) atoms. The summed E-state index contributed by atoms with van der Waals surface area (Å²) in [5.41, 5.74) is 0.730. The summed E-state index contributed by atoms with van der Waals surface area (Å²) in [4.78, 5) is 51.5. The molecule has 4 rings (SSSR count). The third-order valence-electron chi connectivity index (χ3n) is 6.19. The third-order valence-corrected chi connectivity index (χ3v) is 6.19. The van der Waals surface area contributed by atoms with Crippen LogP contribution in [-0.4, -0.2) is 67.3 Å². The maximum absolute atomic E-state index is 13.3. The zero-order chi connectivity index (χ0) is 30.1. The number of benzene rings is 3. The van der Waals surface area contributed by atoms with Gasteiger partial charge in [-0.25, -0.2) is 14.4 Å². The van der Waals surface area contributed by atoms with Gasteiger partial charge in [0, 0.05) is 6.92 Å². The molecule has 0 radical (unpaired) electrons. The second-order valence-electron chi connectivity index (χ2n) is 9.74. The van der Waals surface area contributed by atoms with E-state index in [0.29, 0.717) is 5.56 Å². The Morgan fingerprint density at radius 1 is 0.643 bits per heavy atom. The molecule has 1 aliphatic heterocycles.